The van der Waals surface area contributed by atoms with E-state index in [0.29, 0.717) is 26.2 Å². The molecule has 5 nitrogen and oxygen atoms in total. The molecule has 0 saturated carbocycles. The van der Waals surface area contributed by atoms with Crippen LogP contribution in [0.5, 0.6) is 5.75 Å². The summed E-state index contributed by atoms with van der Waals surface area (Å²) in [6.07, 6.45) is -5.21. The lowest BCUT2D eigenvalue weighted by atomic mass is 10.1. The van der Waals surface area contributed by atoms with Gasteiger partial charge in [-0.3, -0.25) is 9.69 Å². The van der Waals surface area contributed by atoms with E-state index in [1.54, 1.807) is 19.2 Å². The Morgan fingerprint density at radius 3 is 2.68 bits per heavy atom. The molecule has 1 unspecified atom stereocenters. The average molecular weight is 318 g/mol. The van der Waals surface area contributed by atoms with Crippen LogP contribution in [-0.4, -0.2) is 50.0 Å². The van der Waals surface area contributed by atoms with Crippen molar-refractivity contribution in [3.05, 3.63) is 29.8 Å². The number of likely N-dealkylation sites (N-methyl/N-ethyl adjacent to an activating group) is 1. The number of hydrogen-bond donors (Lipinski definition) is 1. The minimum Gasteiger partial charge on any atom is -0.406 e. The second-order valence-electron chi connectivity index (χ2n) is 4.90. The zero-order valence-corrected chi connectivity index (χ0v) is 12.0. The molecule has 1 aliphatic heterocycles. The Kier molecular flexibility index (Phi) is 5.25. The lowest BCUT2D eigenvalue weighted by molar-refractivity contribution is -0.274. The summed E-state index contributed by atoms with van der Waals surface area (Å²) in [5, 5.41) is 2.53. The average Bonchev–Trinajstić information content (AvgIpc) is 2.47. The number of benzene rings is 1. The Bertz CT molecular complexity index is 505. The minimum atomic E-state index is -4.69. The van der Waals surface area contributed by atoms with Gasteiger partial charge in [-0.05, 0) is 17.7 Å². The van der Waals surface area contributed by atoms with Gasteiger partial charge in [-0.1, -0.05) is 12.1 Å². The van der Waals surface area contributed by atoms with Gasteiger partial charge < -0.3 is 14.8 Å². The zero-order chi connectivity index (χ0) is 16.2. The number of rotatable bonds is 4. The maximum absolute atomic E-state index is 12.1. The summed E-state index contributed by atoms with van der Waals surface area (Å²) in [6.45, 7) is 2.07. The molecule has 0 aliphatic carbocycles. The van der Waals surface area contributed by atoms with Gasteiger partial charge in [0.2, 0.25) is 5.91 Å². The summed E-state index contributed by atoms with van der Waals surface area (Å²) in [7, 11) is 1.55. The van der Waals surface area contributed by atoms with E-state index in [1.807, 2.05) is 4.90 Å². The second-order valence-corrected chi connectivity index (χ2v) is 4.90. The van der Waals surface area contributed by atoms with Crippen LogP contribution >= 0.6 is 0 Å². The van der Waals surface area contributed by atoms with Crippen molar-refractivity contribution in [3.63, 3.8) is 0 Å². The molecule has 22 heavy (non-hydrogen) atoms. The topological polar surface area (TPSA) is 50.8 Å². The molecule has 0 aromatic heterocycles. The second kappa shape index (κ2) is 6.97. The van der Waals surface area contributed by atoms with Gasteiger partial charge in [0, 0.05) is 26.7 Å². The fraction of sp³-hybridized carbons (Fsp3) is 0.500. The third-order valence-corrected chi connectivity index (χ3v) is 3.25. The Labute approximate surface area is 126 Å². The van der Waals surface area contributed by atoms with Crippen LogP contribution in [0.4, 0.5) is 13.2 Å². The van der Waals surface area contributed by atoms with Crippen molar-refractivity contribution in [3.8, 4) is 5.75 Å². The summed E-state index contributed by atoms with van der Waals surface area (Å²) >= 11 is 0. The van der Waals surface area contributed by atoms with Gasteiger partial charge in [-0.15, -0.1) is 13.2 Å². The first-order valence-corrected chi connectivity index (χ1v) is 6.77. The Hall–Kier alpha value is -1.80. The van der Waals surface area contributed by atoms with Crippen molar-refractivity contribution in [2.45, 2.75) is 19.0 Å². The smallest absolute Gasteiger partial charge is 0.406 e. The lowest BCUT2D eigenvalue weighted by Crippen LogP contribution is -2.48. The van der Waals surface area contributed by atoms with E-state index in [-0.39, 0.29) is 11.7 Å². The predicted octanol–water partition coefficient (Wildman–Crippen LogP) is 1.53. The van der Waals surface area contributed by atoms with E-state index in [2.05, 4.69) is 10.1 Å². The van der Waals surface area contributed by atoms with Crippen LogP contribution in [0.1, 0.15) is 5.56 Å². The number of hydrogen-bond acceptors (Lipinski definition) is 4. The molecule has 1 saturated heterocycles. The number of morpholine rings is 1. The summed E-state index contributed by atoms with van der Waals surface area (Å²) in [4.78, 5) is 13.6. The summed E-state index contributed by atoms with van der Waals surface area (Å²) in [5.74, 6) is -0.430. The number of nitrogens with zero attached hydrogens (tertiary/aromatic N) is 1. The first-order chi connectivity index (χ1) is 10.4. The largest absolute Gasteiger partial charge is 0.573 e. The Balaban J connectivity index is 1.91. The fourth-order valence-electron chi connectivity index (χ4n) is 2.22. The molecule has 1 N–H and O–H groups in total. The van der Waals surface area contributed by atoms with Crippen LogP contribution in [0.25, 0.3) is 0 Å². The number of ether oxygens (including phenoxy) is 2. The fourth-order valence-corrected chi connectivity index (χ4v) is 2.22. The van der Waals surface area contributed by atoms with Gasteiger partial charge in [0.05, 0.1) is 6.61 Å². The molecule has 1 fully saturated rings. The van der Waals surface area contributed by atoms with Crippen LogP contribution in [0, 0.1) is 0 Å². The maximum atomic E-state index is 12.1. The van der Waals surface area contributed by atoms with Gasteiger partial charge in [-0.2, -0.15) is 0 Å². The van der Waals surface area contributed by atoms with Crippen LogP contribution in [-0.2, 0) is 16.1 Å². The molecule has 1 heterocycles. The van der Waals surface area contributed by atoms with Gasteiger partial charge in [-0.25, -0.2) is 0 Å². The molecule has 0 bridgehead atoms. The molecule has 1 amide bonds. The Morgan fingerprint density at radius 1 is 1.41 bits per heavy atom. The highest BCUT2D eigenvalue weighted by atomic mass is 19.4. The number of halogens is 3. The molecule has 1 aromatic carbocycles. The molecule has 1 aromatic rings. The monoisotopic (exact) mass is 318 g/mol. The SMILES string of the molecule is CNC(=O)C1CN(Cc2ccc(OC(F)(F)F)cc2)CCO1. The molecule has 1 aliphatic rings. The maximum Gasteiger partial charge on any atom is 0.573 e. The number of carbonyl (C=O) groups is 1. The third-order valence-electron chi connectivity index (χ3n) is 3.25. The molecule has 1 atom stereocenters. The summed E-state index contributed by atoms with van der Waals surface area (Å²) < 4.78 is 45.5. The number of amides is 1. The number of nitrogens with one attached hydrogen (secondary N) is 1. The lowest BCUT2D eigenvalue weighted by Gasteiger charge is -2.31. The van der Waals surface area contributed by atoms with Crippen molar-refractivity contribution in [1.29, 1.82) is 0 Å². The van der Waals surface area contributed by atoms with Crippen molar-refractivity contribution in [1.82, 2.24) is 10.2 Å². The predicted molar refractivity (Wildman–Crippen MR) is 72.2 cm³/mol. The van der Waals surface area contributed by atoms with E-state index in [9.17, 15) is 18.0 Å². The number of alkyl halides is 3. The van der Waals surface area contributed by atoms with Gasteiger partial charge in [0.1, 0.15) is 11.9 Å². The normalized spacial score (nSPS) is 19.7. The molecular weight excluding hydrogens is 301 g/mol. The van der Waals surface area contributed by atoms with E-state index < -0.39 is 12.5 Å². The van der Waals surface area contributed by atoms with E-state index in [4.69, 9.17) is 4.74 Å². The Morgan fingerprint density at radius 2 is 2.09 bits per heavy atom. The van der Waals surface area contributed by atoms with Gasteiger partial charge >= 0.3 is 6.36 Å². The first-order valence-electron chi connectivity index (χ1n) is 6.77. The molecule has 8 heteroatoms. The highest BCUT2D eigenvalue weighted by Gasteiger charge is 2.31. The molecule has 2 rings (SSSR count). The van der Waals surface area contributed by atoms with E-state index >= 15 is 0 Å². The highest BCUT2D eigenvalue weighted by Crippen LogP contribution is 2.23. The van der Waals surface area contributed by atoms with Crippen molar-refractivity contribution < 1.29 is 27.4 Å². The van der Waals surface area contributed by atoms with Crippen LogP contribution in [0.2, 0.25) is 0 Å². The van der Waals surface area contributed by atoms with Crippen LogP contribution < -0.4 is 10.1 Å². The zero-order valence-electron chi connectivity index (χ0n) is 12.0. The van der Waals surface area contributed by atoms with E-state index in [0.717, 1.165) is 5.56 Å². The molecule has 0 spiro atoms. The minimum absolute atomic E-state index is 0.182. The van der Waals surface area contributed by atoms with Gasteiger partial charge in [0.25, 0.3) is 0 Å². The van der Waals surface area contributed by atoms with Crippen LogP contribution in [0.3, 0.4) is 0 Å². The summed E-state index contributed by atoms with van der Waals surface area (Å²) in [5.41, 5.74) is 0.840. The molecular formula is C14H17F3N2O3. The highest BCUT2D eigenvalue weighted by molar-refractivity contribution is 5.80. The number of carbonyl (C=O) groups excluding carboxylic acids is 1. The molecule has 122 valence electrons. The third kappa shape index (κ3) is 4.88. The van der Waals surface area contributed by atoms with Gasteiger partial charge in [0.15, 0.2) is 0 Å². The standard InChI is InChI=1S/C14H17F3N2O3/c1-18-13(20)12-9-19(6-7-21-12)8-10-2-4-11(5-3-10)22-14(15,16)17/h2-5,12H,6-9H2,1H3,(H,18,20). The first kappa shape index (κ1) is 16.6. The van der Waals surface area contributed by atoms with Crippen molar-refractivity contribution in [2.75, 3.05) is 26.7 Å². The quantitative estimate of drug-likeness (QED) is 0.915. The van der Waals surface area contributed by atoms with Crippen LogP contribution in [0.15, 0.2) is 24.3 Å². The van der Waals surface area contributed by atoms with Crippen molar-refractivity contribution >= 4 is 5.91 Å². The molecule has 0 radical (unpaired) electrons. The van der Waals surface area contributed by atoms with E-state index in [1.165, 1.54) is 12.1 Å². The summed E-state index contributed by atoms with van der Waals surface area (Å²) in [6, 6.07) is 5.70. The van der Waals surface area contributed by atoms with Crippen molar-refractivity contribution in [2.24, 2.45) is 0 Å².